The van der Waals surface area contributed by atoms with E-state index in [4.69, 9.17) is 14.6 Å². The number of rotatable bonds is 9. The summed E-state index contributed by atoms with van der Waals surface area (Å²) in [4.78, 5) is 11.7. The maximum Gasteiger partial charge on any atom is 0.333 e. The van der Waals surface area contributed by atoms with Crippen molar-refractivity contribution in [3.8, 4) is 28.0 Å². The van der Waals surface area contributed by atoms with Gasteiger partial charge in [-0.15, -0.1) is 0 Å². The Morgan fingerprint density at radius 2 is 1.41 bits per heavy atom. The molecule has 0 unspecified atom stereocenters. The molecule has 0 saturated heterocycles. The van der Waals surface area contributed by atoms with Gasteiger partial charge in [0.1, 0.15) is 12.4 Å². The highest BCUT2D eigenvalue weighted by Gasteiger charge is 2.10. The van der Waals surface area contributed by atoms with Gasteiger partial charge in [0.05, 0.1) is 13.2 Å². The third-order valence-corrected chi connectivity index (χ3v) is 5.64. The van der Waals surface area contributed by atoms with Crippen molar-refractivity contribution >= 4 is 16.7 Å². The van der Waals surface area contributed by atoms with Crippen LogP contribution in [0, 0.1) is 0 Å². The van der Waals surface area contributed by atoms with Crippen LogP contribution in [-0.2, 0) is 16.0 Å². The predicted octanol–water partition coefficient (Wildman–Crippen LogP) is 6.21. The lowest BCUT2D eigenvalue weighted by molar-refractivity contribution is -0.138. The van der Waals surface area contributed by atoms with Gasteiger partial charge < -0.3 is 14.6 Å². The molecule has 0 fully saturated rings. The molecule has 0 bridgehead atoms. The lowest BCUT2D eigenvalue weighted by Gasteiger charge is -2.14. The zero-order valence-electron chi connectivity index (χ0n) is 19.3. The van der Waals surface area contributed by atoms with Gasteiger partial charge in [-0.1, -0.05) is 67.2 Å². The van der Waals surface area contributed by atoms with E-state index >= 15 is 0 Å². The van der Waals surface area contributed by atoms with Gasteiger partial charge >= 0.3 is 5.97 Å². The monoisotopic (exact) mass is 452 g/mol. The summed E-state index contributed by atoms with van der Waals surface area (Å²) in [7, 11) is 0. The average molecular weight is 453 g/mol. The van der Waals surface area contributed by atoms with E-state index in [1.165, 1.54) is 16.5 Å². The fourth-order valence-corrected chi connectivity index (χ4v) is 3.86. The van der Waals surface area contributed by atoms with Crippen molar-refractivity contribution in [3.63, 3.8) is 0 Å². The van der Waals surface area contributed by atoms with Gasteiger partial charge in [-0.2, -0.15) is 0 Å². The second-order valence-electron chi connectivity index (χ2n) is 8.20. The van der Waals surface area contributed by atoms with Gasteiger partial charge in [0, 0.05) is 12.0 Å². The summed E-state index contributed by atoms with van der Waals surface area (Å²) in [5, 5.41) is 11.5. The highest BCUT2D eigenvalue weighted by Crippen LogP contribution is 2.31. The normalized spacial score (nSPS) is 10.8. The molecule has 0 aliphatic heterocycles. The summed E-state index contributed by atoms with van der Waals surface area (Å²) >= 11 is 0. The number of esters is 1. The zero-order chi connectivity index (χ0) is 23.9. The molecule has 4 heteroatoms. The van der Waals surface area contributed by atoms with Gasteiger partial charge in [-0.3, -0.25) is 0 Å². The molecule has 4 rings (SSSR count). The van der Waals surface area contributed by atoms with Crippen LogP contribution in [0.3, 0.4) is 0 Å². The van der Waals surface area contributed by atoms with Crippen LogP contribution in [0.2, 0.25) is 0 Å². The third kappa shape index (κ3) is 5.53. The molecule has 0 aliphatic carbocycles. The number of carbonyl (C=O) groups is 1. The molecule has 4 aromatic carbocycles. The third-order valence-electron chi connectivity index (χ3n) is 5.64. The molecule has 4 aromatic rings. The minimum absolute atomic E-state index is 0.0680. The summed E-state index contributed by atoms with van der Waals surface area (Å²) < 4.78 is 11.0. The first-order valence-electron chi connectivity index (χ1n) is 11.3. The summed E-state index contributed by atoms with van der Waals surface area (Å²) in [5.74, 6) is 0.274. The number of aliphatic hydroxyl groups is 1. The van der Waals surface area contributed by atoms with Crippen LogP contribution < -0.4 is 4.74 Å². The largest absolute Gasteiger partial charge is 0.491 e. The van der Waals surface area contributed by atoms with Crippen molar-refractivity contribution in [1.29, 1.82) is 0 Å². The summed E-state index contributed by atoms with van der Waals surface area (Å²) in [6, 6.07) is 29.3. The van der Waals surface area contributed by atoms with Crippen molar-refractivity contribution in [1.82, 2.24) is 0 Å². The number of hydrogen-bond acceptors (Lipinski definition) is 4. The van der Waals surface area contributed by atoms with Crippen LogP contribution >= 0.6 is 0 Å². The number of carbonyl (C=O) groups excluding carboxylic acids is 1. The second-order valence-corrected chi connectivity index (χ2v) is 8.20. The van der Waals surface area contributed by atoms with E-state index in [2.05, 4.69) is 61.2 Å². The molecule has 0 amide bonds. The first-order chi connectivity index (χ1) is 16.5. The Morgan fingerprint density at radius 1 is 0.794 bits per heavy atom. The molecule has 0 radical (unpaired) electrons. The van der Waals surface area contributed by atoms with Crippen molar-refractivity contribution < 1.29 is 19.4 Å². The lowest BCUT2D eigenvalue weighted by atomic mass is 9.96. The summed E-state index contributed by atoms with van der Waals surface area (Å²) in [5.41, 5.74) is 5.82. The van der Waals surface area contributed by atoms with Crippen molar-refractivity contribution in [2.75, 3.05) is 19.8 Å². The van der Waals surface area contributed by atoms with E-state index in [1.54, 1.807) is 6.92 Å². The molecular formula is C30H28O4. The zero-order valence-corrected chi connectivity index (χ0v) is 19.3. The van der Waals surface area contributed by atoms with E-state index in [0.29, 0.717) is 17.7 Å². The quantitative estimate of drug-likeness (QED) is 0.242. The van der Waals surface area contributed by atoms with E-state index in [0.717, 1.165) is 22.1 Å². The number of hydrogen-bond donors (Lipinski definition) is 1. The standard InChI is InChI=1S/C30H28O4/c1-21(2)30(32)34-16-14-28-20-27(12-13-29(28)33-17-15-31)26-11-10-24-18-23(8-9-25(24)19-26)22-6-4-3-5-7-22/h3-13,18-20,31H,1,14-17H2,2H3. The number of benzene rings is 4. The Morgan fingerprint density at radius 3 is 2.06 bits per heavy atom. The molecule has 4 nitrogen and oxygen atoms in total. The minimum Gasteiger partial charge on any atom is -0.491 e. The fourth-order valence-electron chi connectivity index (χ4n) is 3.86. The molecular weight excluding hydrogens is 424 g/mol. The Bertz CT molecular complexity index is 1310. The topological polar surface area (TPSA) is 55.8 Å². The van der Waals surface area contributed by atoms with Crippen LogP contribution in [0.15, 0.2) is 97.1 Å². The van der Waals surface area contributed by atoms with Crippen LogP contribution in [0.4, 0.5) is 0 Å². The molecule has 0 heterocycles. The van der Waals surface area contributed by atoms with E-state index in [1.807, 2.05) is 30.3 Å². The Hall–Kier alpha value is -3.89. The second kappa shape index (κ2) is 10.8. The van der Waals surface area contributed by atoms with Gasteiger partial charge in [0.2, 0.25) is 0 Å². The molecule has 0 spiro atoms. The SMILES string of the molecule is C=C(C)C(=O)OCCc1cc(-c2ccc3cc(-c4ccccc4)ccc3c2)ccc1OCCO. The molecule has 0 aromatic heterocycles. The average Bonchev–Trinajstić information content (AvgIpc) is 2.87. The molecule has 172 valence electrons. The van der Waals surface area contributed by atoms with Crippen molar-refractivity contribution in [3.05, 3.63) is 103 Å². The highest BCUT2D eigenvalue weighted by molar-refractivity contribution is 5.91. The maximum atomic E-state index is 11.7. The minimum atomic E-state index is -0.404. The highest BCUT2D eigenvalue weighted by atomic mass is 16.5. The number of aliphatic hydroxyl groups excluding tert-OH is 1. The molecule has 0 saturated carbocycles. The summed E-state index contributed by atoms with van der Waals surface area (Å²) in [6.45, 7) is 5.60. The van der Waals surface area contributed by atoms with Crippen LogP contribution in [0.5, 0.6) is 5.75 Å². The van der Waals surface area contributed by atoms with E-state index in [9.17, 15) is 4.79 Å². The van der Waals surface area contributed by atoms with Crippen molar-refractivity contribution in [2.24, 2.45) is 0 Å². The lowest BCUT2D eigenvalue weighted by Crippen LogP contribution is -2.10. The van der Waals surface area contributed by atoms with Crippen LogP contribution in [0.25, 0.3) is 33.0 Å². The Balaban J connectivity index is 1.60. The van der Waals surface area contributed by atoms with E-state index < -0.39 is 5.97 Å². The van der Waals surface area contributed by atoms with Crippen molar-refractivity contribution in [2.45, 2.75) is 13.3 Å². The molecule has 0 atom stereocenters. The van der Waals surface area contributed by atoms with E-state index in [-0.39, 0.29) is 19.8 Å². The first-order valence-corrected chi connectivity index (χ1v) is 11.3. The first kappa shape index (κ1) is 23.3. The molecule has 34 heavy (non-hydrogen) atoms. The predicted molar refractivity (Wildman–Crippen MR) is 137 cm³/mol. The number of fused-ring (bicyclic) bond motifs is 1. The van der Waals surface area contributed by atoms with Crippen LogP contribution in [0.1, 0.15) is 12.5 Å². The summed E-state index contributed by atoms with van der Waals surface area (Å²) in [6.07, 6.45) is 0.502. The smallest absolute Gasteiger partial charge is 0.333 e. The van der Waals surface area contributed by atoms with Gasteiger partial charge in [0.25, 0.3) is 0 Å². The Labute approximate surface area is 200 Å². The number of ether oxygens (including phenoxy) is 2. The van der Waals surface area contributed by atoms with Gasteiger partial charge in [-0.25, -0.2) is 4.79 Å². The molecule has 0 aliphatic rings. The van der Waals surface area contributed by atoms with Gasteiger partial charge in [-0.05, 0) is 69.8 Å². The fraction of sp³-hybridized carbons (Fsp3) is 0.167. The maximum absolute atomic E-state index is 11.7. The van der Waals surface area contributed by atoms with Crippen LogP contribution in [-0.4, -0.2) is 30.9 Å². The van der Waals surface area contributed by atoms with Gasteiger partial charge in [0.15, 0.2) is 0 Å². The Kier molecular flexibility index (Phi) is 7.41. The molecule has 1 N–H and O–H groups in total.